The van der Waals surface area contributed by atoms with Crippen LogP contribution in [0.4, 0.5) is 0 Å². The second kappa shape index (κ2) is 10.6. The van der Waals surface area contributed by atoms with Crippen molar-refractivity contribution in [3.05, 3.63) is 59.5 Å². The van der Waals surface area contributed by atoms with E-state index in [1.807, 2.05) is 28.8 Å². The zero-order valence-electron chi connectivity index (χ0n) is 17.5. The number of pyridine rings is 1. The fourth-order valence-corrected chi connectivity index (χ4v) is 3.19. The van der Waals surface area contributed by atoms with Crippen molar-refractivity contribution in [3.63, 3.8) is 0 Å². The maximum absolute atomic E-state index is 6.06. The van der Waals surface area contributed by atoms with E-state index >= 15 is 0 Å². The lowest BCUT2D eigenvalue weighted by atomic mass is 10.1. The summed E-state index contributed by atoms with van der Waals surface area (Å²) in [6.07, 6.45) is 5.32. The summed E-state index contributed by atoms with van der Waals surface area (Å²) in [4.78, 5) is 4.33. The van der Waals surface area contributed by atoms with Crippen molar-refractivity contribution in [2.75, 3.05) is 20.2 Å². The number of ether oxygens (including phenoxy) is 1. The molecule has 8 heteroatoms. The first-order chi connectivity index (χ1) is 14.2. The van der Waals surface area contributed by atoms with Crippen molar-refractivity contribution >= 4 is 35.6 Å². The number of aromatic nitrogens is 3. The highest BCUT2D eigenvalue weighted by molar-refractivity contribution is 14.0. The number of guanidine groups is 1. The highest BCUT2D eigenvalue weighted by atomic mass is 127. The third kappa shape index (κ3) is 5.84. The summed E-state index contributed by atoms with van der Waals surface area (Å²) >= 11 is 0. The van der Waals surface area contributed by atoms with E-state index in [0.717, 1.165) is 47.7 Å². The molecule has 30 heavy (non-hydrogen) atoms. The minimum Gasteiger partial charge on any atom is -0.493 e. The normalized spacial score (nSPS) is 13.7. The third-order valence-corrected chi connectivity index (χ3v) is 5.09. The number of aryl methyl sites for hydroxylation is 1. The predicted octanol–water partition coefficient (Wildman–Crippen LogP) is 3.35. The quantitative estimate of drug-likeness (QED) is 0.271. The lowest BCUT2D eigenvalue weighted by Crippen LogP contribution is -2.38. The van der Waals surface area contributed by atoms with Gasteiger partial charge in [-0.1, -0.05) is 18.2 Å². The Balaban J connectivity index is 0.00000256. The highest BCUT2D eigenvalue weighted by Crippen LogP contribution is 2.30. The van der Waals surface area contributed by atoms with Gasteiger partial charge < -0.3 is 15.4 Å². The molecule has 1 aliphatic rings. The van der Waals surface area contributed by atoms with Crippen LogP contribution in [0.5, 0.6) is 5.75 Å². The maximum Gasteiger partial charge on any atom is 0.191 e. The number of nitrogens with one attached hydrogen (secondary N) is 2. The van der Waals surface area contributed by atoms with Crippen LogP contribution in [0.2, 0.25) is 0 Å². The van der Waals surface area contributed by atoms with E-state index in [1.54, 1.807) is 7.05 Å². The van der Waals surface area contributed by atoms with Gasteiger partial charge in [0.2, 0.25) is 0 Å². The van der Waals surface area contributed by atoms with Gasteiger partial charge in [0.15, 0.2) is 11.6 Å². The van der Waals surface area contributed by atoms with Gasteiger partial charge in [-0.25, -0.2) is 0 Å². The van der Waals surface area contributed by atoms with Crippen LogP contribution in [-0.4, -0.2) is 40.8 Å². The summed E-state index contributed by atoms with van der Waals surface area (Å²) in [7, 11) is 1.78. The van der Waals surface area contributed by atoms with Crippen LogP contribution in [0.1, 0.15) is 29.8 Å². The van der Waals surface area contributed by atoms with Crippen molar-refractivity contribution in [1.29, 1.82) is 0 Å². The molecule has 0 unspecified atom stereocenters. The van der Waals surface area contributed by atoms with Gasteiger partial charge in [0.05, 0.1) is 6.61 Å². The molecule has 1 fully saturated rings. The molecule has 0 amide bonds. The lowest BCUT2D eigenvalue weighted by molar-refractivity contribution is 0.296. The van der Waals surface area contributed by atoms with Crippen LogP contribution in [0.25, 0.3) is 5.65 Å². The van der Waals surface area contributed by atoms with Gasteiger partial charge in [-0.3, -0.25) is 9.39 Å². The number of hydrogen-bond donors (Lipinski definition) is 2. The summed E-state index contributed by atoms with van der Waals surface area (Å²) < 4.78 is 8.07. The number of aliphatic imine (C=N–C) groups is 1. The summed E-state index contributed by atoms with van der Waals surface area (Å²) in [5.74, 6) is 3.39. The third-order valence-electron chi connectivity index (χ3n) is 5.09. The molecule has 0 saturated heterocycles. The second-order valence-corrected chi connectivity index (χ2v) is 7.51. The van der Waals surface area contributed by atoms with E-state index in [2.05, 4.69) is 50.9 Å². The van der Waals surface area contributed by atoms with Gasteiger partial charge in [-0.15, -0.1) is 34.2 Å². The Morgan fingerprint density at radius 3 is 2.87 bits per heavy atom. The van der Waals surface area contributed by atoms with Crippen LogP contribution in [0.3, 0.4) is 0 Å². The molecule has 7 nitrogen and oxygen atoms in total. The van der Waals surface area contributed by atoms with E-state index in [0.29, 0.717) is 13.1 Å². The molecular weight excluding hydrogens is 491 g/mol. The highest BCUT2D eigenvalue weighted by Gasteiger charge is 2.22. The van der Waals surface area contributed by atoms with Crippen LogP contribution < -0.4 is 15.4 Å². The van der Waals surface area contributed by atoms with E-state index in [1.165, 1.54) is 18.4 Å². The molecule has 2 N–H and O–H groups in total. The van der Waals surface area contributed by atoms with Crippen molar-refractivity contribution in [2.24, 2.45) is 10.9 Å². The van der Waals surface area contributed by atoms with Gasteiger partial charge >= 0.3 is 0 Å². The van der Waals surface area contributed by atoms with Gasteiger partial charge in [0.25, 0.3) is 0 Å². The number of fused-ring (bicyclic) bond motifs is 1. The lowest BCUT2D eigenvalue weighted by Gasteiger charge is -2.15. The molecule has 2 aromatic heterocycles. The van der Waals surface area contributed by atoms with Crippen LogP contribution in [0.15, 0.2) is 47.6 Å². The fourth-order valence-electron chi connectivity index (χ4n) is 3.19. The second-order valence-electron chi connectivity index (χ2n) is 7.51. The molecular formula is C22H29IN6O. The Hall–Kier alpha value is -2.36. The fraction of sp³-hybridized carbons (Fsp3) is 0.409. The number of nitrogens with zero attached hydrogens (tertiary/aromatic N) is 4. The van der Waals surface area contributed by atoms with Crippen LogP contribution in [0, 0.1) is 12.8 Å². The minimum absolute atomic E-state index is 0. The Kier molecular flexibility index (Phi) is 7.89. The molecule has 1 aromatic carbocycles. The molecule has 160 valence electrons. The number of rotatable bonds is 8. The van der Waals surface area contributed by atoms with Gasteiger partial charge in [0.1, 0.15) is 11.6 Å². The molecule has 1 saturated carbocycles. The van der Waals surface area contributed by atoms with Crippen molar-refractivity contribution in [2.45, 2.75) is 32.7 Å². The van der Waals surface area contributed by atoms with Crippen LogP contribution >= 0.6 is 24.0 Å². The molecule has 0 spiro atoms. The zero-order valence-corrected chi connectivity index (χ0v) is 19.8. The standard InChI is InChI=1S/C22H28N6O.HI/c1-16-6-9-18(19(13-16)29-15-17-7-8-17)14-25-22(23-2)24-11-10-21-27-26-20-5-3-4-12-28(20)21;/h3-6,9,12-13,17H,7-8,10-11,14-15H2,1-2H3,(H2,23,24,25);1H. The molecule has 1 aliphatic carbocycles. The zero-order chi connectivity index (χ0) is 20.1. The number of hydrogen-bond acceptors (Lipinski definition) is 4. The van der Waals surface area contributed by atoms with Crippen molar-refractivity contribution < 1.29 is 4.74 Å². The number of benzene rings is 1. The first-order valence-electron chi connectivity index (χ1n) is 10.2. The smallest absolute Gasteiger partial charge is 0.191 e. The summed E-state index contributed by atoms with van der Waals surface area (Å²) in [5, 5.41) is 15.2. The number of halogens is 1. The molecule has 0 atom stereocenters. The van der Waals surface area contributed by atoms with Crippen molar-refractivity contribution in [3.8, 4) is 5.75 Å². The molecule has 0 radical (unpaired) electrons. The molecule has 4 rings (SSSR count). The minimum atomic E-state index is 0. The van der Waals surface area contributed by atoms with E-state index in [-0.39, 0.29) is 24.0 Å². The average Bonchev–Trinajstić information content (AvgIpc) is 3.49. The Bertz CT molecular complexity index is 998. The topological polar surface area (TPSA) is 75.8 Å². The molecule has 3 aromatic rings. The van der Waals surface area contributed by atoms with E-state index in [4.69, 9.17) is 4.74 Å². The SMILES string of the molecule is CN=C(NCCc1nnc2ccccn12)NCc1ccc(C)cc1OCC1CC1.I. The van der Waals surface area contributed by atoms with Gasteiger partial charge in [-0.05, 0) is 49.4 Å². The average molecular weight is 520 g/mol. The molecule has 0 bridgehead atoms. The summed E-state index contributed by atoms with van der Waals surface area (Å²) in [6, 6.07) is 12.3. The van der Waals surface area contributed by atoms with E-state index in [9.17, 15) is 0 Å². The molecule has 0 aliphatic heterocycles. The van der Waals surface area contributed by atoms with Crippen molar-refractivity contribution in [1.82, 2.24) is 25.2 Å². The Morgan fingerprint density at radius 2 is 2.07 bits per heavy atom. The summed E-state index contributed by atoms with van der Waals surface area (Å²) in [5.41, 5.74) is 3.22. The van der Waals surface area contributed by atoms with E-state index < -0.39 is 0 Å². The monoisotopic (exact) mass is 520 g/mol. The van der Waals surface area contributed by atoms with Gasteiger partial charge in [0, 0.05) is 38.3 Å². The van der Waals surface area contributed by atoms with Crippen LogP contribution in [-0.2, 0) is 13.0 Å². The Morgan fingerprint density at radius 1 is 1.20 bits per heavy atom. The molecule has 2 heterocycles. The summed E-state index contributed by atoms with van der Waals surface area (Å²) in [6.45, 7) is 4.29. The predicted molar refractivity (Wildman–Crippen MR) is 130 cm³/mol. The first-order valence-corrected chi connectivity index (χ1v) is 10.2. The van der Waals surface area contributed by atoms with Gasteiger partial charge in [-0.2, -0.15) is 0 Å². The Labute approximate surface area is 194 Å². The maximum atomic E-state index is 6.06. The largest absolute Gasteiger partial charge is 0.493 e. The first kappa shape index (κ1) is 22.3.